The van der Waals surface area contributed by atoms with Gasteiger partial charge in [0.2, 0.25) is 5.91 Å². The predicted octanol–water partition coefficient (Wildman–Crippen LogP) is -0.512. The molecule has 1 aliphatic rings. The van der Waals surface area contributed by atoms with Crippen molar-refractivity contribution in [2.24, 2.45) is 11.1 Å². The fourth-order valence-corrected chi connectivity index (χ4v) is 1.61. The molecule has 1 heterocycles. The van der Waals surface area contributed by atoms with E-state index < -0.39 is 0 Å². The number of amides is 1. The van der Waals surface area contributed by atoms with Gasteiger partial charge < -0.3 is 15.8 Å². The summed E-state index contributed by atoms with van der Waals surface area (Å²) in [7, 11) is 1.83. The number of hydrogen-bond donors (Lipinski definition) is 2. The lowest BCUT2D eigenvalue weighted by Gasteiger charge is -2.33. The summed E-state index contributed by atoms with van der Waals surface area (Å²) in [5.41, 5.74) is 4.99. The quantitative estimate of drug-likeness (QED) is 0.602. The van der Waals surface area contributed by atoms with Crippen LogP contribution in [0.1, 0.15) is 12.8 Å². The van der Waals surface area contributed by atoms with Crippen LogP contribution in [-0.2, 0) is 9.53 Å². The van der Waals surface area contributed by atoms with Crippen molar-refractivity contribution in [1.82, 2.24) is 5.32 Å². The van der Waals surface area contributed by atoms with E-state index in [0.717, 1.165) is 12.8 Å². The second-order valence-electron chi connectivity index (χ2n) is 3.29. The van der Waals surface area contributed by atoms with E-state index >= 15 is 0 Å². The maximum Gasteiger partial charge on any atom is 0.225 e. The van der Waals surface area contributed by atoms with Crippen molar-refractivity contribution in [1.29, 1.82) is 0 Å². The monoisotopic (exact) mass is 172 g/mol. The van der Waals surface area contributed by atoms with Crippen LogP contribution in [0, 0.1) is 5.41 Å². The summed E-state index contributed by atoms with van der Waals surface area (Å²) >= 11 is 0. The molecule has 0 radical (unpaired) electrons. The number of primary amides is 1. The Hall–Kier alpha value is -0.610. The van der Waals surface area contributed by atoms with Gasteiger partial charge in [-0.2, -0.15) is 0 Å². The van der Waals surface area contributed by atoms with Crippen LogP contribution in [-0.4, -0.2) is 32.7 Å². The molecule has 0 aliphatic carbocycles. The molecule has 1 rings (SSSR count). The zero-order chi connectivity index (χ0) is 9.03. The first kappa shape index (κ1) is 9.48. The molecule has 1 amide bonds. The van der Waals surface area contributed by atoms with Crippen LogP contribution in [0.25, 0.3) is 0 Å². The molecule has 0 aromatic heterocycles. The minimum absolute atomic E-state index is 0.208. The van der Waals surface area contributed by atoms with Gasteiger partial charge in [-0.3, -0.25) is 4.79 Å². The van der Waals surface area contributed by atoms with Gasteiger partial charge in [-0.15, -0.1) is 0 Å². The van der Waals surface area contributed by atoms with Crippen LogP contribution in [0.5, 0.6) is 0 Å². The first-order valence-electron chi connectivity index (χ1n) is 4.23. The molecule has 3 N–H and O–H groups in total. The van der Waals surface area contributed by atoms with E-state index in [4.69, 9.17) is 10.5 Å². The standard InChI is InChI=1S/C8H16N2O2/c1-10-6-8(7(9)11)2-4-12-5-3-8/h10H,2-6H2,1H3,(H2,9,11). The van der Waals surface area contributed by atoms with Gasteiger partial charge in [0.25, 0.3) is 0 Å². The molecule has 70 valence electrons. The second-order valence-corrected chi connectivity index (χ2v) is 3.29. The number of hydrogen-bond acceptors (Lipinski definition) is 3. The fraction of sp³-hybridized carbons (Fsp3) is 0.875. The maximum atomic E-state index is 11.2. The molecule has 0 atom stereocenters. The molecule has 12 heavy (non-hydrogen) atoms. The van der Waals surface area contributed by atoms with Crippen molar-refractivity contribution in [3.8, 4) is 0 Å². The van der Waals surface area contributed by atoms with Crippen molar-refractivity contribution in [2.45, 2.75) is 12.8 Å². The minimum atomic E-state index is -0.368. The van der Waals surface area contributed by atoms with Crippen LogP contribution in [0.2, 0.25) is 0 Å². The molecule has 1 saturated heterocycles. The highest BCUT2D eigenvalue weighted by atomic mass is 16.5. The Balaban J connectivity index is 2.63. The summed E-state index contributed by atoms with van der Waals surface area (Å²) in [4.78, 5) is 11.2. The Morgan fingerprint density at radius 3 is 2.58 bits per heavy atom. The normalized spacial score (nSPS) is 22.1. The maximum absolute atomic E-state index is 11.2. The molecule has 1 fully saturated rings. The molecule has 4 nitrogen and oxygen atoms in total. The Kier molecular flexibility index (Phi) is 3.05. The van der Waals surface area contributed by atoms with Gasteiger partial charge in [-0.25, -0.2) is 0 Å². The summed E-state index contributed by atoms with van der Waals surface area (Å²) in [6.07, 6.45) is 1.48. The van der Waals surface area contributed by atoms with Crippen molar-refractivity contribution >= 4 is 5.91 Å². The topological polar surface area (TPSA) is 64.3 Å². The number of nitrogens with one attached hydrogen (secondary N) is 1. The van der Waals surface area contributed by atoms with Gasteiger partial charge in [-0.1, -0.05) is 0 Å². The molecule has 1 aliphatic heterocycles. The third-order valence-corrected chi connectivity index (χ3v) is 2.49. The zero-order valence-corrected chi connectivity index (χ0v) is 7.43. The number of carbonyl (C=O) groups is 1. The molecule has 0 spiro atoms. The zero-order valence-electron chi connectivity index (χ0n) is 7.43. The van der Waals surface area contributed by atoms with E-state index in [1.807, 2.05) is 7.05 Å². The lowest BCUT2D eigenvalue weighted by molar-refractivity contribution is -0.132. The number of carbonyl (C=O) groups excluding carboxylic acids is 1. The smallest absolute Gasteiger partial charge is 0.225 e. The third kappa shape index (κ3) is 1.76. The summed E-state index contributed by atoms with van der Waals surface area (Å²) in [6, 6.07) is 0. The van der Waals surface area contributed by atoms with Crippen LogP contribution in [0.15, 0.2) is 0 Å². The van der Waals surface area contributed by atoms with Gasteiger partial charge >= 0.3 is 0 Å². The number of ether oxygens (including phenoxy) is 1. The highest BCUT2D eigenvalue weighted by molar-refractivity contribution is 5.81. The summed E-state index contributed by atoms with van der Waals surface area (Å²) in [5, 5.41) is 3.00. The first-order valence-corrected chi connectivity index (χ1v) is 4.23. The lowest BCUT2D eigenvalue weighted by atomic mass is 9.79. The van der Waals surface area contributed by atoms with E-state index in [2.05, 4.69) is 5.32 Å². The van der Waals surface area contributed by atoms with Crippen molar-refractivity contribution in [3.05, 3.63) is 0 Å². The number of nitrogens with two attached hydrogens (primary N) is 1. The highest BCUT2D eigenvalue weighted by Gasteiger charge is 2.37. The van der Waals surface area contributed by atoms with E-state index in [1.54, 1.807) is 0 Å². The Morgan fingerprint density at radius 1 is 1.58 bits per heavy atom. The fourth-order valence-electron chi connectivity index (χ4n) is 1.61. The molecular formula is C8H16N2O2. The van der Waals surface area contributed by atoms with E-state index in [1.165, 1.54) is 0 Å². The average Bonchev–Trinajstić information content (AvgIpc) is 2.06. The van der Waals surface area contributed by atoms with E-state index in [0.29, 0.717) is 19.8 Å². The van der Waals surface area contributed by atoms with Crippen molar-refractivity contribution in [3.63, 3.8) is 0 Å². The number of rotatable bonds is 3. The van der Waals surface area contributed by atoms with Gasteiger partial charge in [0.15, 0.2) is 0 Å². The Labute approximate surface area is 72.5 Å². The minimum Gasteiger partial charge on any atom is -0.381 e. The molecule has 0 aromatic carbocycles. The second kappa shape index (κ2) is 3.87. The van der Waals surface area contributed by atoms with Crippen LogP contribution < -0.4 is 11.1 Å². The van der Waals surface area contributed by atoms with Gasteiger partial charge in [-0.05, 0) is 19.9 Å². The summed E-state index contributed by atoms with van der Waals surface area (Å²) in [6.45, 7) is 1.95. The van der Waals surface area contributed by atoms with Crippen LogP contribution in [0.4, 0.5) is 0 Å². The third-order valence-electron chi connectivity index (χ3n) is 2.49. The first-order chi connectivity index (χ1) is 5.71. The Morgan fingerprint density at radius 2 is 2.17 bits per heavy atom. The van der Waals surface area contributed by atoms with E-state index in [9.17, 15) is 4.79 Å². The van der Waals surface area contributed by atoms with Crippen molar-refractivity contribution < 1.29 is 9.53 Å². The summed E-state index contributed by atoms with van der Waals surface area (Å²) < 4.78 is 5.19. The predicted molar refractivity (Wildman–Crippen MR) is 45.6 cm³/mol. The van der Waals surface area contributed by atoms with E-state index in [-0.39, 0.29) is 11.3 Å². The Bertz CT molecular complexity index is 159. The molecule has 0 saturated carbocycles. The SMILES string of the molecule is CNCC1(C(N)=O)CCOCC1. The molecule has 0 unspecified atom stereocenters. The molecule has 0 aromatic rings. The van der Waals surface area contributed by atoms with Crippen molar-refractivity contribution in [2.75, 3.05) is 26.8 Å². The molecule has 0 bridgehead atoms. The average molecular weight is 172 g/mol. The summed E-state index contributed by atoms with van der Waals surface area (Å²) in [5.74, 6) is -0.208. The van der Waals surface area contributed by atoms with Crippen LogP contribution >= 0.6 is 0 Å². The molecule has 4 heteroatoms. The molecular weight excluding hydrogens is 156 g/mol. The highest BCUT2D eigenvalue weighted by Crippen LogP contribution is 2.28. The lowest BCUT2D eigenvalue weighted by Crippen LogP contribution is -2.47. The van der Waals surface area contributed by atoms with Gasteiger partial charge in [0, 0.05) is 19.8 Å². The van der Waals surface area contributed by atoms with Crippen LogP contribution in [0.3, 0.4) is 0 Å². The largest absolute Gasteiger partial charge is 0.381 e. The van der Waals surface area contributed by atoms with Gasteiger partial charge in [0.05, 0.1) is 5.41 Å². The van der Waals surface area contributed by atoms with Gasteiger partial charge in [0.1, 0.15) is 0 Å².